The summed E-state index contributed by atoms with van der Waals surface area (Å²) in [6.45, 7) is 4.52. The van der Waals surface area contributed by atoms with Crippen molar-refractivity contribution in [2.24, 2.45) is 5.92 Å². The van der Waals surface area contributed by atoms with Gasteiger partial charge in [0.2, 0.25) is 5.91 Å². The summed E-state index contributed by atoms with van der Waals surface area (Å²) >= 11 is 0. The van der Waals surface area contributed by atoms with Crippen molar-refractivity contribution in [1.82, 2.24) is 5.32 Å². The van der Waals surface area contributed by atoms with Crippen LogP contribution in [-0.4, -0.2) is 12.5 Å². The molecule has 0 fully saturated rings. The van der Waals surface area contributed by atoms with Gasteiger partial charge in [-0.2, -0.15) is 0 Å². The molecular formula is C11H19NO. The Kier molecular flexibility index (Phi) is 7.10. The zero-order valence-corrected chi connectivity index (χ0v) is 8.60. The van der Waals surface area contributed by atoms with E-state index >= 15 is 0 Å². The highest BCUT2D eigenvalue weighted by Crippen LogP contribution is 2.12. The predicted molar refractivity (Wildman–Crippen MR) is 55.1 cm³/mol. The lowest BCUT2D eigenvalue weighted by Crippen LogP contribution is -2.30. The first-order chi connectivity index (χ1) is 6.26. The van der Waals surface area contributed by atoms with Crippen molar-refractivity contribution in [1.29, 1.82) is 0 Å². The van der Waals surface area contributed by atoms with E-state index in [1.54, 1.807) is 0 Å². The molecule has 1 amide bonds. The number of hydrogen-bond acceptors (Lipinski definition) is 1. The van der Waals surface area contributed by atoms with Gasteiger partial charge in [-0.25, -0.2) is 0 Å². The second kappa shape index (κ2) is 7.67. The van der Waals surface area contributed by atoms with Crippen LogP contribution in [0, 0.1) is 18.3 Å². The molecule has 13 heavy (non-hydrogen) atoms. The van der Waals surface area contributed by atoms with Gasteiger partial charge in [0.05, 0.1) is 6.54 Å². The van der Waals surface area contributed by atoms with Crippen LogP contribution in [0.5, 0.6) is 0 Å². The van der Waals surface area contributed by atoms with Gasteiger partial charge in [-0.05, 0) is 12.8 Å². The quantitative estimate of drug-likeness (QED) is 0.623. The van der Waals surface area contributed by atoms with Crippen molar-refractivity contribution in [3.8, 4) is 12.3 Å². The number of carbonyl (C=O) groups is 1. The van der Waals surface area contributed by atoms with Gasteiger partial charge in [0.15, 0.2) is 0 Å². The van der Waals surface area contributed by atoms with Crippen LogP contribution in [0.4, 0.5) is 0 Å². The van der Waals surface area contributed by atoms with E-state index < -0.39 is 0 Å². The Labute approximate surface area is 81.1 Å². The fraction of sp³-hybridized carbons (Fsp3) is 0.727. The maximum Gasteiger partial charge on any atom is 0.223 e. The first kappa shape index (κ1) is 12.0. The average Bonchev–Trinajstić information content (AvgIpc) is 2.16. The molecule has 0 saturated heterocycles. The predicted octanol–water partition coefficient (Wildman–Crippen LogP) is 1.95. The molecule has 0 aromatic heterocycles. The summed E-state index contributed by atoms with van der Waals surface area (Å²) in [5, 5.41) is 2.72. The van der Waals surface area contributed by atoms with E-state index in [1.807, 2.05) is 6.92 Å². The monoisotopic (exact) mass is 181 g/mol. The fourth-order valence-electron chi connectivity index (χ4n) is 1.25. The fourth-order valence-corrected chi connectivity index (χ4v) is 1.25. The molecule has 0 aliphatic rings. The maximum absolute atomic E-state index is 11.4. The molecule has 0 aromatic rings. The van der Waals surface area contributed by atoms with E-state index in [0.29, 0.717) is 6.54 Å². The molecule has 2 nitrogen and oxygen atoms in total. The van der Waals surface area contributed by atoms with E-state index in [9.17, 15) is 4.79 Å². The molecule has 1 atom stereocenters. The van der Waals surface area contributed by atoms with Gasteiger partial charge in [-0.1, -0.05) is 32.6 Å². The van der Waals surface area contributed by atoms with Crippen LogP contribution in [-0.2, 0) is 4.79 Å². The van der Waals surface area contributed by atoms with Gasteiger partial charge in [-0.3, -0.25) is 4.79 Å². The second-order valence-electron chi connectivity index (χ2n) is 3.17. The van der Waals surface area contributed by atoms with Crippen LogP contribution in [0.3, 0.4) is 0 Å². The summed E-state index contributed by atoms with van der Waals surface area (Å²) in [4.78, 5) is 11.4. The molecule has 0 bridgehead atoms. The number of hydrogen-bond donors (Lipinski definition) is 1. The van der Waals surface area contributed by atoms with E-state index in [2.05, 4.69) is 18.2 Å². The summed E-state index contributed by atoms with van der Waals surface area (Å²) in [7, 11) is 0. The number of terminal acetylenes is 1. The molecular weight excluding hydrogens is 162 g/mol. The second-order valence-corrected chi connectivity index (χ2v) is 3.17. The van der Waals surface area contributed by atoms with Crippen molar-refractivity contribution in [3.05, 3.63) is 0 Å². The molecule has 0 heterocycles. The Morgan fingerprint density at radius 2 is 2.23 bits per heavy atom. The summed E-state index contributed by atoms with van der Waals surface area (Å²) in [5.41, 5.74) is 0. The van der Waals surface area contributed by atoms with Gasteiger partial charge in [0.1, 0.15) is 0 Å². The standard InChI is InChI=1S/C11H19NO/c1-4-7-8-10(6-3)11(13)12-9-5-2/h2,10H,4,6-9H2,1,3H3,(H,12,13)/t10-/m0/s1. The van der Waals surface area contributed by atoms with Crippen LogP contribution >= 0.6 is 0 Å². The van der Waals surface area contributed by atoms with Crippen LogP contribution in [0.1, 0.15) is 39.5 Å². The van der Waals surface area contributed by atoms with Crippen LogP contribution in [0.15, 0.2) is 0 Å². The highest BCUT2D eigenvalue weighted by Gasteiger charge is 2.14. The highest BCUT2D eigenvalue weighted by molar-refractivity contribution is 5.78. The molecule has 74 valence electrons. The molecule has 0 aliphatic heterocycles. The van der Waals surface area contributed by atoms with Crippen molar-refractivity contribution >= 4 is 5.91 Å². The lowest BCUT2D eigenvalue weighted by atomic mass is 9.98. The zero-order valence-electron chi connectivity index (χ0n) is 8.60. The summed E-state index contributed by atoms with van der Waals surface area (Å²) in [6.07, 6.45) is 9.18. The number of unbranched alkanes of at least 4 members (excludes halogenated alkanes) is 1. The topological polar surface area (TPSA) is 29.1 Å². The third-order valence-corrected chi connectivity index (χ3v) is 2.13. The summed E-state index contributed by atoms with van der Waals surface area (Å²) in [6, 6.07) is 0. The smallest absolute Gasteiger partial charge is 0.223 e. The SMILES string of the molecule is C#CCNC(=O)[C@@H](CC)CCCC. The molecule has 0 aromatic carbocycles. The first-order valence-corrected chi connectivity index (χ1v) is 4.97. The highest BCUT2D eigenvalue weighted by atomic mass is 16.1. The summed E-state index contributed by atoms with van der Waals surface area (Å²) in [5.74, 6) is 2.65. The van der Waals surface area contributed by atoms with E-state index in [-0.39, 0.29) is 11.8 Å². The maximum atomic E-state index is 11.4. The lowest BCUT2D eigenvalue weighted by molar-refractivity contribution is -0.125. The minimum Gasteiger partial charge on any atom is -0.345 e. The summed E-state index contributed by atoms with van der Waals surface area (Å²) < 4.78 is 0. The Hall–Kier alpha value is -0.970. The van der Waals surface area contributed by atoms with Crippen molar-refractivity contribution in [2.45, 2.75) is 39.5 Å². The average molecular weight is 181 g/mol. The Balaban J connectivity index is 3.79. The zero-order chi connectivity index (χ0) is 10.1. The van der Waals surface area contributed by atoms with Crippen LogP contribution < -0.4 is 5.32 Å². The van der Waals surface area contributed by atoms with Gasteiger partial charge in [0, 0.05) is 5.92 Å². The van der Waals surface area contributed by atoms with E-state index in [1.165, 1.54) is 0 Å². The number of rotatable bonds is 6. The van der Waals surface area contributed by atoms with Gasteiger partial charge in [0.25, 0.3) is 0 Å². The molecule has 0 saturated carbocycles. The third kappa shape index (κ3) is 5.30. The number of carbonyl (C=O) groups excluding carboxylic acids is 1. The first-order valence-electron chi connectivity index (χ1n) is 4.97. The molecule has 0 aliphatic carbocycles. The van der Waals surface area contributed by atoms with Gasteiger partial charge < -0.3 is 5.32 Å². The van der Waals surface area contributed by atoms with Crippen molar-refractivity contribution in [2.75, 3.05) is 6.54 Å². The molecule has 0 spiro atoms. The minimum absolute atomic E-state index is 0.105. The Bertz CT molecular complexity index is 181. The Morgan fingerprint density at radius 3 is 2.69 bits per heavy atom. The van der Waals surface area contributed by atoms with E-state index in [4.69, 9.17) is 6.42 Å². The lowest BCUT2D eigenvalue weighted by Gasteiger charge is -2.12. The van der Waals surface area contributed by atoms with Gasteiger partial charge in [-0.15, -0.1) is 6.42 Å². The molecule has 0 radical (unpaired) electrons. The normalized spacial score (nSPS) is 11.8. The molecule has 2 heteroatoms. The van der Waals surface area contributed by atoms with Gasteiger partial charge >= 0.3 is 0 Å². The third-order valence-electron chi connectivity index (χ3n) is 2.13. The van der Waals surface area contributed by atoms with Crippen LogP contribution in [0.25, 0.3) is 0 Å². The van der Waals surface area contributed by atoms with Crippen LogP contribution in [0.2, 0.25) is 0 Å². The van der Waals surface area contributed by atoms with Crippen molar-refractivity contribution < 1.29 is 4.79 Å². The minimum atomic E-state index is 0.105. The van der Waals surface area contributed by atoms with E-state index in [0.717, 1.165) is 25.7 Å². The number of nitrogens with one attached hydrogen (secondary N) is 1. The number of amides is 1. The molecule has 0 rings (SSSR count). The largest absolute Gasteiger partial charge is 0.345 e. The molecule has 0 unspecified atom stereocenters. The Morgan fingerprint density at radius 1 is 1.54 bits per heavy atom. The molecule has 1 N–H and O–H groups in total. The van der Waals surface area contributed by atoms with Crippen molar-refractivity contribution in [3.63, 3.8) is 0 Å².